The highest BCUT2D eigenvalue weighted by Crippen LogP contribution is 2.32. The summed E-state index contributed by atoms with van der Waals surface area (Å²) in [6.07, 6.45) is 1.51. The normalized spacial score (nSPS) is 10.9. The van der Waals surface area contributed by atoms with E-state index in [-0.39, 0.29) is 5.91 Å². The molecule has 0 bridgehead atoms. The molecule has 0 radical (unpaired) electrons. The Balaban J connectivity index is 1.84. The fraction of sp³-hybridized carbons (Fsp3) is 0.143. The van der Waals surface area contributed by atoms with Gasteiger partial charge in [0.1, 0.15) is 17.2 Å². The van der Waals surface area contributed by atoms with Crippen molar-refractivity contribution in [2.45, 2.75) is 0 Å². The standard InChI is InChI=1S/C21H19BrN2O4/c1-26-18-11-20(28-3)17(22)9-15(18)12-23-24-21(25)16-8-13-6-4-5-7-14(13)10-19(16)27-2/h4-12H,1-3H3,(H,24,25)/b23-12-. The van der Waals surface area contributed by atoms with Crippen LogP contribution in [-0.4, -0.2) is 33.5 Å². The van der Waals surface area contributed by atoms with E-state index < -0.39 is 0 Å². The van der Waals surface area contributed by atoms with Crippen LogP contribution >= 0.6 is 15.9 Å². The fourth-order valence-electron chi connectivity index (χ4n) is 2.77. The molecule has 0 spiro atoms. The Morgan fingerprint density at radius 1 is 0.929 bits per heavy atom. The topological polar surface area (TPSA) is 69.2 Å². The third kappa shape index (κ3) is 4.09. The van der Waals surface area contributed by atoms with Crippen molar-refractivity contribution in [3.05, 3.63) is 64.1 Å². The number of fused-ring (bicyclic) bond motifs is 1. The number of carbonyl (C=O) groups is 1. The Bertz CT molecular complexity index is 1050. The summed E-state index contributed by atoms with van der Waals surface area (Å²) in [6, 6.07) is 14.9. The molecular weight excluding hydrogens is 424 g/mol. The number of halogens is 1. The molecule has 3 rings (SSSR count). The number of methoxy groups -OCH3 is 3. The van der Waals surface area contributed by atoms with Crippen molar-refractivity contribution >= 4 is 38.8 Å². The smallest absolute Gasteiger partial charge is 0.275 e. The molecule has 0 saturated carbocycles. The van der Waals surface area contributed by atoms with E-state index in [1.54, 1.807) is 32.4 Å². The Kier molecular flexibility index (Phi) is 6.16. The first-order chi connectivity index (χ1) is 13.6. The van der Waals surface area contributed by atoms with Gasteiger partial charge in [-0.25, -0.2) is 5.43 Å². The summed E-state index contributed by atoms with van der Waals surface area (Å²) in [4.78, 5) is 12.6. The summed E-state index contributed by atoms with van der Waals surface area (Å²) in [5, 5.41) is 5.99. The summed E-state index contributed by atoms with van der Waals surface area (Å²) < 4.78 is 16.7. The van der Waals surface area contributed by atoms with Gasteiger partial charge in [0.25, 0.3) is 5.91 Å². The zero-order valence-electron chi connectivity index (χ0n) is 15.7. The van der Waals surface area contributed by atoms with E-state index in [9.17, 15) is 4.79 Å². The molecule has 6 nitrogen and oxygen atoms in total. The fourth-order valence-corrected chi connectivity index (χ4v) is 3.29. The second-order valence-electron chi connectivity index (χ2n) is 5.83. The lowest BCUT2D eigenvalue weighted by molar-refractivity contribution is 0.0952. The molecule has 0 heterocycles. The summed E-state index contributed by atoms with van der Waals surface area (Å²) in [5.74, 6) is 1.32. The Morgan fingerprint density at radius 2 is 1.57 bits per heavy atom. The Labute approximate surface area is 171 Å². The van der Waals surface area contributed by atoms with Crippen LogP contribution in [0.4, 0.5) is 0 Å². The van der Waals surface area contributed by atoms with E-state index in [0.717, 1.165) is 15.2 Å². The van der Waals surface area contributed by atoms with E-state index in [0.29, 0.717) is 28.4 Å². The quantitative estimate of drug-likeness (QED) is 0.453. The summed E-state index contributed by atoms with van der Waals surface area (Å²) in [7, 11) is 4.66. The first kappa shape index (κ1) is 19.7. The van der Waals surface area contributed by atoms with Crippen LogP contribution in [0.15, 0.2) is 58.1 Å². The predicted octanol–water partition coefficient (Wildman–Crippen LogP) is 4.39. The molecule has 0 fully saturated rings. The summed E-state index contributed by atoms with van der Waals surface area (Å²) >= 11 is 3.42. The molecule has 28 heavy (non-hydrogen) atoms. The van der Waals surface area contributed by atoms with Crippen LogP contribution in [0, 0.1) is 0 Å². The third-order valence-electron chi connectivity index (χ3n) is 4.19. The first-order valence-corrected chi connectivity index (χ1v) is 9.18. The van der Waals surface area contributed by atoms with Crippen molar-refractivity contribution in [2.24, 2.45) is 5.10 Å². The van der Waals surface area contributed by atoms with Crippen molar-refractivity contribution in [3.8, 4) is 17.2 Å². The van der Waals surface area contributed by atoms with Crippen LogP contribution in [0.5, 0.6) is 17.2 Å². The van der Waals surface area contributed by atoms with Crippen LogP contribution in [0.1, 0.15) is 15.9 Å². The van der Waals surface area contributed by atoms with Crippen molar-refractivity contribution in [2.75, 3.05) is 21.3 Å². The number of hydrogen-bond donors (Lipinski definition) is 1. The molecule has 0 aliphatic rings. The maximum Gasteiger partial charge on any atom is 0.275 e. The second-order valence-corrected chi connectivity index (χ2v) is 6.68. The van der Waals surface area contributed by atoms with Crippen LogP contribution in [0.25, 0.3) is 10.8 Å². The van der Waals surface area contributed by atoms with Gasteiger partial charge < -0.3 is 14.2 Å². The van der Waals surface area contributed by atoms with Crippen molar-refractivity contribution < 1.29 is 19.0 Å². The lowest BCUT2D eigenvalue weighted by Crippen LogP contribution is -2.18. The van der Waals surface area contributed by atoms with E-state index in [1.807, 2.05) is 30.3 Å². The highest BCUT2D eigenvalue weighted by molar-refractivity contribution is 9.10. The van der Waals surface area contributed by atoms with Crippen molar-refractivity contribution in [3.63, 3.8) is 0 Å². The minimum atomic E-state index is -0.370. The lowest BCUT2D eigenvalue weighted by atomic mass is 10.1. The van der Waals surface area contributed by atoms with Gasteiger partial charge in [0, 0.05) is 11.6 Å². The number of hydrazone groups is 1. The van der Waals surface area contributed by atoms with Gasteiger partial charge in [-0.3, -0.25) is 4.79 Å². The minimum absolute atomic E-state index is 0.370. The van der Waals surface area contributed by atoms with Gasteiger partial charge >= 0.3 is 0 Å². The number of hydrogen-bond acceptors (Lipinski definition) is 5. The molecule has 3 aromatic carbocycles. The molecular formula is C21H19BrN2O4. The van der Waals surface area contributed by atoms with Gasteiger partial charge in [0.2, 0.25) is 0 Å². The third-order valence-corrected chi connectivity index (χ3v) is 4.81. The average molecular weight is 443 g/mol. The van der Waals surface area contributed by atoms with Gasteiger partial charge in [-0.15, -0.1) is 0 Å². The molecule has 0 saturated heterocycles. The van der Waals surface area contributed by atoms with Crippen LogP contribution in [0.3, 0.4) is 0 Å². The zero-order valence-corrected chi connectivity index (χ0v) is 17.2. The van der Waals surface area contributed by atoms with Gasteiger partial charge in [0.05, 0.1) is 37.6 Å². The number of nitrogens with zero attached hydrogens (tertiary/aromatic N) is 1. The maximum absolute atomic E-state index is 12.6. The van der Waals surface area contributed by atoms with E-state index in [4.69, 9.17) is 14.2 Å². The van der Waals surface area contributed by atoms with Gasteiger partial charge in [-0.05, 0) is 44.9 Å². The van der Waals surface area contributed by atoms with Crippen LogP contribution in [0.2, 0.25) is 0 Å². The number of rotatable bonds is 6. The summed E-state index contributed by atoms with van der Waals surface area (Å²) in [5.41, 5.74) is 3.62. The van der Waals surface area contributed by atoms with Gasteiger partial charge in [-0.2, -0.15) is 5.10 Å². The van der Waals surface area contributed by atoms with E-state index in [1.165, 1.54) is 13.3 Å². The number of amides is 1. The van der Waals surface area contributed by atoms with Gasteiger partial charge in [0.15, 0.2) is 0 Å². The minimum Gasteiger partial charge on any atom is -0.496 e. The van der Waals surface area contributed by atoms with Crippen LogP contribution < -0.4 is 19.6 Å². The molecule has 0 aromatic heterocycles. The lowest BCUT2D eigenvalue weighted by Gasteiger charge is -2.10. The maximum atomic E-state index is 12.6. The highest BCUT2D eigenvalue weighted by Gasteiger charge is 2.13. The molecule has 0 aliphatic heterocycles. The molecule has 1 N–H and O–H groups in total. The molecule has 0 unspecified atom stereocenters. The van der Waals surface area contributed by atoms with E-state index in [2.05, 4.69) is 26.5 Å². The zero-order chi connectivity index (χ0) is 20.1. The number of benzene rings is 3. The number of carbonyl (C=O) groups excluding carboxylic acids is 1. The molecule has 7 heteroatoms. The Hall–Kier alpha value is -3.06. The van der Waals surface area contributed by atoms with E-state index >= 15 is 0 Å². The van der Waals surface area contributed by atoms with Crippen LogP contribution in [-0.2, 0) is 0 Å². The van der Waals surface area contributed by atoms with Crippen molar-refractivity contribution in [1.29, 1.82) is 0 Å². The molecule has 144 valence electrons. The van der Waals surface area contributed by atoms with Gasteiger partial charge in [-0.1, -0.05) is 24.3 Å². The molecule has 0 aliphatic carbocycles. The molecule has 3 aromatic rings. The highest BCUT2D eigenvalue weighted by atomic mass is 79.9. The number of ether oxygens (including phenoxy) is 3. The SMILES string of the molecule is COc1cc(OC)c(/C=N\NC(=O)c2cc3ccccc3cc2OC)cc1Br. The average Bonchev–Trinajstić information content (AvgIpc) is 2.72. The molecule has 1 amide bonds. The summed E-state index contributed by atoms with van der Waals surface area (Å²) in [6.45, 7) is 0. The number of nitrogens with one attached hydrogen (secondary N) is 1. The van der Waals surface area contributed by atoms with Crippen molar-refractivity contribution in [1.82, 2.24) is 5.43 Å². The monoisotopic (exact) mass is 442 g/mol. The molecule has 0 atom stereocenters. The Morgan fingerprint density at radius 3 is 2.21 bits per heavy atom. The first-order valence-electron chi connectivity index (χ1n) is 8.39. The predicted molar refractivity (Wildman–Crippen MR) is 113 cm³/mol. The largest absolute Gasteiger partial charge is 0.496 e. The second kappa shape index (κ2) is 8.75.